The Bertz CT molecular complexity index is 450. The van der Waals surface area contributed by atoms with Gasteiger partial charge in [0.1, 0.15) is 0 Å². The summed E-state index contributed by atoms with van der Waals surface area (Å²) in [6.45, 7) is 2.01. The van der Waals surface area contributed by atoms with Crippen molar-refractivity contribution < 1.29 is 4.79 Å². The number of piperidine rings is 1. The third kappa shape index (κ3) is 3.18. The van der Waals surface area contributed by atoms with Crippen molar-refractivity contribution in [1.82, 2.24) is 15.6 Å². The van der Waals surface area contributed by atoms with Crippen molar-refractivity contribution in [3.8, 4) is 0 Å². The molecular formula is C16H23N3O. The van der Waals surface area contributed by atoms with Gasteiger partial charge < -0.3 is 10.6 Å². The first-order chi connectivity index (χ1) is 9.70. The van der Waals surface area contributed by atoms with E-state index < -0.39 is 0 Å². The summed E-state index contributed by atoms with van der Waals surface area (Å²) in [6.07, 6.45) is 9.12. The highest BCUT2D eigenvalue weighted by atomic mass is 16.1. The molecule has 2 bridgehead atoms. The molecule has 1 amide bonds. The van der Waals surface area contributed by atoms with Gasteiger partial charge in [0, 0.05) is 30.9 Å². The van der Waals surface area contributed by atoms with Crippen molar-refractivity contribution in [3.63, 3.8) is 0 Å². The summed E-state index contributed by atoms with van der Waals surface area (Å²) >= 11 is 0. The summed E-state index contributed by atoms with van der Waals surface area (Å²) in [6, 6.07) is 5.25. The zero-order valence-corrected chi connectivity index (χ0v) is 12.0. The number of nitrogens with one attached hydrogen (secondary N) is 2. The molecular weight excluding hydrogens is 250 g/mol. The number of rotatable bonds is 4. The van der Waals surface area contributed by atoms with E-state index in [0.717, 1.165) is 18.4 Å². The molecule has 2 saturated heterocycles. The van der Waals surface area contributed by atoms with Crippen LogP contribution in [0.2, 0.25) is 0 Å². The molecule has 2 fully saturated rings. The summed E-state index contributed by atoms with van der Waals surface area (Å²) in [4.78, 5) is 16.3. The molecule has 0 aromatic carbocycles. The number of hydrogen-bond acceptors (Lipinski definition) is 3. The predicted octanol–water partition coefficient (Wildman–Crippen LogP) is 2.18. The van der Waals surface area contributed by atoms with Crippen molar-refractivity contribution >= 4 is 5.91 Å². The van der Waals surface area contributed by atoms with Crippen LogP contribution in [0.4, 0.5) is 0 Å². The number of pyridine rings is 1. The van der Waals surface area contributed by atoms with Gasteiger partial charge >= 0.3 is 0 Å². The quantitative estimate of drug-likeness (QED) is 0.884. The zero-order valence-electron chi connectivity index (χ0n) is 12.0. The van der Waals surface area contributed by atoms with E-state index in [1.807, 2.05) is 25.3 Å². The highest BCUT2D eigenvalue weighted by molar-refractivity contribution is 5.76. The van der Waals surface area contributed by atoms with Crippen LogP contribution in [0.25, 0.3) is 0 Å². The molecule has 2 N–H and O–H groups in total. The molecule has 1 aromatic heterocycles. The Morgan fingerprint density at radius 1 is 1.45 bits per heavy atom. The molecule has 3 heterocycles. The standard InChI is InChI=1S/C16H23N3O/c1-11(13-3-2-6-17-10-13)18-16(20)9-12-7-14-4-5-15(8-12)19-14/h2-3,6,10-12,14-15,19H,4-5,7-9H2,1H3,(H,18,20). The lowest BCUT2D eigenvalue weighted by molar-refractivity contribution is -0.122. The average Bonchev–Trinajstić information content (AvgIpc) is 2.78. The Kier molecular flexibility index (Phi) is 4.01. The summed E-state index contributed by atoms with van der Waals surface area (Å²) in [7, 11) is 0. The number of aromatic nitrogens is 1. The second kappa shape index (κ2) is 5.92. The van der Waals surface area contributed by atoms with Crippen LogP contribution in [-0.4, -0.2) is 23.0 Å². The lowest BCUT2D eigenvalue weighted by Crippen LogP contribution is -2.40. The van der Waals surface area contributed by atoms with Crippen molar-refractivity contribution in [2.75, 3.05) is 0 Å². The van der Waals surface area contributed by atoms with Gasteiger partial charge in [-0.15, -0.1) is 0 Å². The fourth-order valence-corrected chi connectivity index (χ4v) is 3.62. The van der Waals surface area contributed by atoms with E-state index >= 15 is 0 Å². The van der Waals surface area contributed by atoms with Gasteiger partial charge in [-0.25, -0.2) is 0 Å². The minimum absolute atomic E-state index is 0.0367. The number of amides is 1. The van der Waals surface area contributed by atoms with Gasteiger partial charge in [0.25, 0.3) is 0 Å². The number of fused-ring (bicyclic) bond motifs is 2. The van der Waals surface area contributed by atoms with Crippen molar-refractivity contribution in [2.45, 2.75) is 57.2 Å². The molecule has 108 valence electrons. The Hall–Kier alpha value is -1.42. The molecule has 0 saturated carbocycles. The minimum atomic E-state index is 0.0367. The fourth-order valence-electron chi connectivity index (χ4n) is 3.62. The minimum Gasteiger partial charge on any atom is -0.350 e. The van der Waals surface area contributed by atoms with E-state index in [-0.39, 0.29) is 11.9 Å². The second-order valence-corrected chi connectivity index (χ2v) is 6.25. The molecule has 3 rings (SSSR count). The van der Waals surface area contributed by atoms with E-state index in [2.05, 4.69) is 15.6 Å². The molecule has 4 nitrogen and oxygen atoms in total. The molecule has 4 heteroatoms. The van der Waals surface area contributed by atoms with Gasteiger partial charge in [-0.1, -0.05) is 6.07 Å². The van der Waals surface area contributed by atoms with Crippen LogP contribution in [-0.2, 0) is 4.79 Å². The summed E-state index contributed by atoms with van der Waals surface area (Å²) in [5.74, 6) is 0.725. The Labute approximate surface area is 120 Å². The first-order valence-corrected chi connectivity index (χ1v) is 7.66. The third-order valence-electron chi connectivity index (χ3n) is 4.61. The van der Waals surface area contributed by atoms with Gasteiger partial charge in [-0.3, -0.25) is 9.78 Å². The van der Waals surface area contributed by atoms with Gasteiger partial charge in [0.15, 0.2) is 0 Å². The van der Waals surface area contributed by atoms with E-state index in [1.165, 1.54) is 12.8 Å². The average molecular weight is 273 g/mol. The van der Waals surface area contributed by atoms with E-state index in [1.54, 1.807) is 6.20 Å². The fraction of sp³-hybridized carbons (Fsp3) is 0.625. The highest BCUT2D eigenvalue weighted by Gasteiger charge is 2.34. The molecule has 2 aliphatic heterocycles. The predicted molar refractivity (Wildman–Crippen MR) is 78.1 cm³/mol. The molecule has 20 heavy (non-hydrogen) atoms. The lowest BCUT2D eigenvalue weighted by Gasteiger charge is -2.29. The van der Waals surface area contributed by atoms with Crippen LogP contribution in [0.5, 0.6) is 0 Å². The number of hydrogen-bond donors (Lipinski definition) is 2. The first kappa shape index (κ1) is 13.6. The van der Waals surface area contributed by atoms with Gasteiger partial charge in [-0.05, 0) is 50.2 Å². The summed E-state index contributed by atoms with van der Waals surface area (Å²) < 4.78 is 0. The number of nitrogens with zero attached hydrogens (tertiary/aromatic N) is 1. The molecule has 2 aliphatic rings. The second-order valence-electron chi connectivity index (χ2n) is 6.25. The highest BCUT2D eigenvalue weighted by Crippen LogP contribution is 2.32. The van der Waals surface area contributed by atoms with Crippen LogP contribution in [0.15, 0.2) is 24.5 Å². The molecule has 0 aliphatic carbocycles. The van der Waals surface area contributed by atoms with Crippen LogP contribution in [0.1, 0.15) is 50.6 Å². The molecule has 1 aromatic rings. The van der Waals surface area contributed by atoms with Gasteiger partial charge in [-0.2, -0.15) is 0 Å². The molecule has 0 radical (unpaired) electrons. The maximum Gasteiger partial charge on any atom is 0.220 e. The molecule has 3 atom stereocenters. The van der Waals surface area contributed by atoms with Crippen LogP contribution in [0, 0.1) is 5.92 Å². The van der Waals surface area contributed by atoms with E-state index in [4.69, 9.17) is 0 Å². The third-order valence-corrected chi connectivity index (χ3v) is 4.61. The number of carbonyl (C=O) groups is 1. The Morgan fingerprint density at radius 3 is 2.85 bits per heavy atom. The topological polar surface area (TPSA) is 54.0 Å². The summed E-state index contributed by atoms with van der Waals surface area (Å²) in [5, 5.41) is 6.71. The SMILES string of the molecule is CC(NC(=O)CC1CC2CCC(C1)N2)c1cccnc1. The lowest BCUT2D eigenvalue weighted by atomic mass is 9.89. The maximum atomic E-state index is 12.2. The monoisotopic (exact) mass is 273 g/mol. The van der Waals surface area contributed by atoms with E-state index in [9.17, 15) is 4.79 Å². The first-order valence-electron chi connectivity index (χ1n) is 7.66. The molecule has 0 spiro atoms. The summed E-state index contributed by atoms with van der Waals surface area (Å²) in [5.41, 5.74) is 1.06. The van der Waals surface area contributed by atoms with Crippen molar-refractivity contribution in [1.29, 1.82) is 0 Å². The van der Waals surface area contributed by atoms with Gasteiger partial charge in [0.2, 0.25) is 5.91 Å². The van der Waals surface area contributed by atoms with Crippen LogP contribution >= 0.6 is 0 Å². The number of carbonyl (C=O) groups excluding carboxylic acids is 1. The van der Waals surface area contributed by atoms with Crippen molar-refractivity contribution in [2.24, 2.45) is 5.92 Å². The molecule has 3 unspecified atom stereocenters. The van der Waals surface area contributed by atoms with E-state index in [0.29, 0.717) is 24.4 Å². The van der Waals surface area contributed by atoms with Crippen LogP contribution in [0.3, 0.4) is 0 Å². The van der Waals surface area contributed by atoms with Gasteiger partial charge in [0.05, 0.1) is 6.04 Å². The largest absolute Gasteiger partial charge is 0.350 e. The normalized spacial score (nSPS) is 29.9. The zero-order chi connectivity index (χ0) is 13.9. The van der Waals surface area contributed by atoms with Crippen molar-refractivity contribution in [3.05, 3.63) is 30.1 Å². The Morgan fingerprint density at radius 2 is 2.20 bits per heavy atom. The smallest absolute Gasteiger partial charge is 0.220 e. The Balaban J connectivity index is 1.50. The van der Waals surface area contributed by atoms with Crippen LogP contribution < -0.4 is 10.6 Å². The maximum absolute atomic E-state index is 12.2.